The summed E-state index contributed by atoms with van der Waals surface area (Å²) in [6.07, 6.45) is 2.27. The van der Waals surface area contributed by atoms with Gasteiger partial charge in [-0.15, -0.1) is 0 Å². The van der Waals surface area contributed by atoms with Crippen molar-refractivity contribution in [2.24, 2.45) is 0 Å². The predicted molar refractivity (Wildman–Crippen MR) is 112 cm³/mol. The second kappa shape index (κ2) is 8.65. The minimum atomic E-state index is -0.129. The van der Waals surface area contributed by atoms with Gasteiger partial charge >= 0.3 is 0 Å². The van der Waals surface area contributed by atoms with Crippen molar-refractivity contribution in [3.63, 3.8) is 0 Å². The van der Waals surface area contributed by atoms with Gasteiger partial charge in [-0.25, -0.2) is 9.97 Å². The van der Waals surface area contributed by atoms with Crippen LogP contribution in [0.2, 0.25) is 0 Å². The Balaban J connectivity index is 1.62. The first-order valence-electron chi connectivity index (χ1n) is 9.98. The van der Waals surface area contributed by atoms with Crippen molar-refractivity contribution in [2.75, 3.05) is 43.9 Å². The highest BCUT2D eigenvalue weighted by Crippen LogP contribution is 2.32. The van der Waals surface area contributed by atoms with E-state index in [0.29, 0.717) is 37.9 Å². The number of fused-ring (bicyclic) bond motifs is 1. The number of rotatable bonds is 5. The number of nitrogens with one attached hydrogen (secondary N) is 2. The summed E-state index contributed by atoms with van der Waals surface area (Å²) in [5.41, 5.74) is 4.13. The molecule has 0 radical (unpaired) electrons. The number of hydrogen-bond acceptors (Lipinski definition) is 8. The Morgan fingerprint density at radius 2 is 2.23 bits per heavy atom. The minimum absolute atomic E-state index is 0.0720. The van der Waals surface area contributed by atoms with Crippen LogP contribution in [-0.2, 0) is 22.6 Å². The molecular weight excluding hydrogens is 382 g/mol. The zero-order valence-corrected chi connectivity index (χ0v) is 17.2. The number of ether oxygens (including phenoxy) is 1. The van der Waals surface area contributed by atoms with Crippen LogP contribution in [0.3, 0.4) is 0 Å². The third-order valence-corrected chi connectivity index (χ3v) is 5.21. The first-order chi connectivity index (χ1) is 14.5. The van der Waals surface area contributed by atoms with Gasteiger partial charge in [-0.3, -0.25) is 4.79 Å². The molecule has 9 heteroatoms. The first-order valence-corrected chi connectivity index (χ1v) is 9.98. The van der Waals surface area contributed by atoms with Crippen molar-refractivity contribution >= 4 is 17.5 Å². The quantitative estimate of drug-likeness (QED) is 0.721. The summed E-state index contributed by atoms with van der Waals surface area (Å²) in [6, 6.07) is 7.56. The summed E-state index contributed by atoms with van der Waals surface area (Å²) in [4.78, 5) is 24.8. The van der Waals surface area contributed by atoms with Gasteiger partial charge in [-0.2, -0.15) is 5.26 Å². The van der Waals surface area contributed by atoms with Crippen molar-refractivity contribution in [3.05, 3.63) is 35.5 Å². The molecule has 2 aliphatic heterocycles. The Morgan fingerprint density at radius 3 is 3.00 bits per heavy atom. The van der Waals surface area contributed by atoms with Gasteiger partial charge in [0, 0.05) is 43.4 Å². The van der Waals surface area contributed by atoms with Crippen molar-refractivity contribution in [1.82, 2.24) is 19.8 Å². The summed E-state index contributed by atoms with van der Waals surface area (Å²) >= 11 is 0. The fourth-order valence-corrected chi connectivity index (χ4v) is 3.79. The van der Waals surface area contributed by atoms with E-state index < -0.39 is 0 Å². The molecule has 0 saturated carbocycles. The molecule has 1 aromatic carbocycles. The number of hydrogen-bond donors (Lipinski definition) is 2. The number of amides is 1. The first kappa shape index (κ1) is 20.1. The molecule has 0 aliphatic carbocycles. The Morgan fingerprint density at radius 1 is 1.37 bits per heavy atom. The van der Waals surface area contributed by atoms with Crippen molar-refractivity contribution in [3.8, 4) is 17.5 Å². The van der Waals surface area contributed by atoms with Crippen LogP contribution in [0.4, 0.5) is 11.6 Å². The molecule has 1 unspecified atom stereocenters. The molecule has 30 heavy (non-hydrogen) atoms. The molecule has 2 aromatic rings. The highest BCUT2D eigenvalue weighted by atomic mass is 16.5. The van der Waals surface area contributed by atoms with Gasteiger partial charge in [0.15, 0.2) is 6.19 Å². The summed E-state index contributed by atoms with van der Waals surface area (Å²) in [5, 5.41) is 15.5. The molecule has 1 aromatic heterocycles. The maximum atomic E-state index is 11.4. The van der Waals surface area contributed by atoms with Gasteiger partial charge in [0.1, 0.15) is 0 Å². The van der Waals surface area contributed by atoms with Gasteiger partial charge < -0.3 is 25.2 Å². The molecule has 1 amide bonds. The van der Waals surface area contributed by atoms with Crippen LogP contribution in [0.5, 0.6) is 0 Å². The van der Waals surface area contributed by atoms with Crippen LogP contribution in [0, 0.1) is 11.5 Å². The number of nitriles is 1. The zero-order chi connectivity index (χ0) is 21.1. The number of likely N-dealkylation sites (N-methyl/N-ethyl adjacent to an activating group) is 1. The third kappa shape index (κ3) is 4.50. The van der Waals surface area contributed by atoms with Gasteiger partial charge in [-0.1, -0.05) is 12.1 Å². The van der Waals surface area contributed by atoms with Crippen LogP contribution in [-0.4, -0.2) is 65.1 Å². The SMILES string of the molecule is CC(=O)Nc1cccc(-c2nc(NCC3CN(C)CCO3)nc3c2CN(C#N)C3)c1. The summed E-state index contributed by atoms with van der Waals surface area (Å²) in [7, 11) is 2.08. The van der Waals surface area contributed by atoms with E-state index in [4.69, 9.17) is 9.72 Å². The molecule has 1 saturated heterocycles. The maximum Gasteiger partial charge on any atom is 0.223 e. The second-order valence-electron chi connectivity index (χ2n) is 7.68. The average molecular weight is 407 g/mol. The van der Waals surface area contributed by atoms with Gasteiger partial charge in [0.25, 0.3) is 0 Å². The van der Waals surface area contributed by atoms with E-state index in [-0.39, 0.29) is 12.0 Å². The molecule has 1 atom stereocenters. The van der Waals surface area contributed by atoms with E-state index >= 15 is 0 Å². The van der Waals surface area contributed by atoms with Crippen LogP contribution in [0.1, 0.15) is 18.2 Å². The summed E-state index contributed by atoms with van der Waals surface area (Å²) < 4.78 is 5.81. The molecule has 2 aliphatic rings. The zero-order valence-electron chi connectivity index (χ0n) is 17.2. The Bertz CT molecular complexity index is 988. The number of anilines is 2. The molecule has 0 bridgehead atoms. The Labute approximate surface area is 175 Å². The van der Waals surface area contributed by atoms with Crippen molar-refractivity contribution in [1.29, 1.82) is 5.26 Å². The smallest absolute Gasteiger partial charge is 0.223 e. The molecule has 0 spiro atoms. The third-order valence-electron chi connectivity index (χ3n) is 5.21. The van der Waals surface area contributed by atoms with Crippen molar-refractivity contribution < 1.29 is 9.53 Å². The normalized spacial score (nSPS) is 18.6. The lowest BCUT2D eigenvalue weighted by atomic mass is 10.0. The van der Waals surface area contributed by atoms with E-state index in [9.17, 15) is 10.1 Å². The van der Waals surface area contributed by atoms with Crippen molar-refractivity contribution in [2.45, 2.75) is 26.1 Å². The minimum Gasteiger partial charge on any atom is -0.374 e. The Hall–Kier alpha value is -3.22. The van der Waals surface area contributed by atoms with Gasteiger partial charge in [0.2, 0.25) is 11.9 Å². The fraction of sp³-hybridized carbons (Fsp3) is 0.429. The summed E-state index contributed by atoms with van der Waals surface area (Å²) in [5.74, 6) is 0.390. The standard InChI is InChI=1S/C21H25N7O2/c1-14(29)24-16-5-3-4-15(8-16)20-18-11-28(13-22)12-19(18)25-21(26-20)23-9-17-10-27(2)6-7-30-17/h3-5,8,17H,6-7,9-12H2,1-2H3,(H,24,29)(H,23,25,26). The van der Waals surface area contributed by atoms with Crippen LogP contribution >= 0.6 is 0 Å². The number of aromatic nitrogens is 2. The highest BCUT2D eigenvalue weighted by Gasteiger charge is 2.26. The average Bonchev–Trinajstić information content (AvgIpc) is 3.15. The largest absolute Gasteiger partial charge is 0.374 e. The van der Waals surface area contributed by atoms with E-state index in [1.54, 1.807) is 4.90 Å². The van der Waals surface area contributed by atoms with Gasteiger partial charge in [0.05, 0.1) is 37.2 Å². The lowest BCUT2D eigenvalue weighted by Gasteiger charge is -2.30. The molecule has 156 valence electrons. The fourth-order valence-electron chi connectivity index (χ4n) is 3.79. The molecule has 9 nitrogen and oxygen atoms in total. The van der Waals surface area contributed by atoms with Crippen LogP contribution in [0.15, 0.2) is 24.3 Å². The molecule has 4 rings (SSSR count). The topological polar surface area (TPSA) is 106 Å². The number of carbonyl (C=O) groups excluding carboxylic acids is 1. The van der Waals surface area contributed by atoms with E-state index in [2.05, 4.69) is 33.8 Å². The number of carbonyl (C=O) groups is 1. The maximum absolute atomic E-state index is 11.4. The predicted octanol–water partition coefficient (Wildman–Crippen LogP) is 1.64. The van der Waals surface area contributed by atoms with E-state index in [1.807, 2.05) is 24.3 Å². The number of nitrogens with zero attached hydrogens (tertiary/aromatic N) is 5. The molecule has 1 fully saturated rings. The number of benzene rings is 1. The lowest BCUT2D eigenvalue weighted by Crippen LogP contribution is -2.43. The molecule has 3 heterocycles. The van der Waals surface area contributed by atoms with Gasteiger partial charge in [-0.05, 0) is 19.2 Å². The lowest BCUT2D eigenvalue weighted by molar-refractivity contribution is -0.114. The Kier molecular flexibility index (Phi) is 5.79. The number of morpholine rings is 1. The molecule has 2 N–H and O–H groups in total. The highest BCUT2D eigenvalue weighted by molar-refractivity contribution is 5.89. The second-order valence-corrected chi connectivity index (χ2v) is 7.68. The van der Waals surface area contributed by atoms with Crippen LogP contribution < -0.4 is 10.6 Å². The summed E-state index contributed by atoms with van der Waals surface area (Å²) in [6.45, 7) is 5.53. The van der Waals surface area contributed by atoms with E-state index in [0.717, 1.165) is 35.6 Å². The van der Waals surface area contributed by atoms with E-state index in [1.165, 1.54) is 6.92 Å². The molecular formula is C21H25N7O2. The monoisotopic (exact) mass is 407 g/mol. The van der Waals surface area contributed by atoms with Crippen LogP contribution in [0.25, 0.3) is 11.3 Å².